The van der Waals surface area contributed by atoms with Gasteiger partial charge in [-0.05, 0) is 24.3 Å². The molecule has 3 rings (SSSR count). The van der Waals surface area contributed by atoms with Gasteiger partial charge in [-0.2, -0.15) is 26.3 Å². The Bertz CT molecular complexity index is 799. The number of hydrogen-bond donors (Lipinski definition) is 0. The first-order valence-electron chi connectivity index (χ1n) is 7.25. The van der Waals surface area contributed by atoms with Gasteiger partial charge in [0.05, 0.1) is 11.1 Å². The number of aromatic nitrogens is 1. The van der Waals surface area contributed by atoms with Crippen LogP contribution in [0.4, 0.5) is 26.3 Å². The molecule has 0 bridgehead atoms. The average Bonchev–Trinajstić information content (AvgIpc) is 2.80. The van der Waals surface area contributed by atoms with E-state index in [2.05, 4.69) is 0 Å². The molecule has 0 aliphatic rings. The molecule has 0 atom stereocenters. The summed E-state index contributed by atoms with van der Waals surface area (Å²) in [6, 6.07) is 6.32. The van der Waals surface area contributed by atoms with E-state index in [0.717, 1.165) is 24.3 Å². The fraction of sp³-hybridized carbons (Fsp3) is 0.294. The van der Waals surface area contributed by atoms with E-state index >= 15 is 0 Å². The summed E-state index contributed by atoms with van der Waals surface area (Å²) in [6.45, 7) is 4.00. The van der Waals surface area contributed by atoms with Gasteiger partial charge < -0.3 is 4.57 Å². The molecule has 1 nitrogen and oxygen atoms in total. The van der Waals surface area contributed by atoms with Crippen molar-refractivity contribution in [2.75, 3.05) is 0 Å². The van der Waals surface area contributed by atoms with Crippen LogP contribution in [0.3, 0.4) is 0 Å². The van der Waals surface area contributed by atoms with Gasteiger partial charge in [0, 0.05) is 28.9 Å². The van der Waals surface area contributed by atoms with Gasteiger partial charge in [0.1, 0.15) is 0 Å². The molecule has 0 radical (unpaired) electrons. The number of halogens is 6. The van der Waals surface area contributed by atoms with Crippen molar-refractivity contribution in [2.45, 2.75) is 26.2 Å². The van der Waals surface area contributed by atoms with Crippen LogP contribution in [0.2, 0.25) is 0 Å². The monoisotopic (exact) mass is 347 g/mol. The minimum atomic E-state index is -4.50. The zero-order valence-corrected chi connectivity index (χ0v) is 13.2. The highest BCUT2D eigenvalue weighted by Gasteiger charge is 2.32. The van der Waals surface area contributed by atoms with E-state index in [1.807, 2.05) is 13.8 Å². The first kappa shape index (κ1) is 18.2. The lowest BCUT2D eigenvalue weighted by Gasteiger charge is -2.07. The summed E-state index contributed by atoms with van der Waals surface area (Å²) >= 11 is 0. The smallest absolute Gasteiger partial charge is 0.344 e. The molecule has 3 aromatic rings. The maximum Gasteiger partial charge on any atom is 0.416 e. The second kappa shape index (κ2) is 6.03. The molecule has 24 heavy (non-hydrogen) atoms. The molecule has 0 saturated heterocycles. The molecule has 0 saturated carbocycles. The quantitative estimate of drug-likeness (QED) is 0.415. The van der Waals surface area contributed by atoms with Crippen LogP contribution in [0.1, 0.15) is 25.0 Å². The van der Waals surface area contributed by atoms with Gasteiger partial charge in [0.2, 0.25) is 0 Å². The van der Waals surface area contributed by atoms with Crippen molar-refractivity contribution < 1.29 is 26.3 Å². The molecule has 7 heteroatoms. The third kappa shape index (κ3) is 3.07. The lowest BCUT2D eigenvalue weighted by atomic mass is 10.1. The van der Waals surface area contributed by atoms with Crippen molar-refractivity contribution in [3.63, 3.8) is 0 Å². The van der Waals surface area contributed by atoms with Crippen LogP contribution in [0.15, 0.2) is 36.4 Å². The summed E-state index contributed by atoms with van der Waals surface area (Å²) in [7, 11) is 1.45. The van der Waals surface area contributed by atoms with Crippen LogP contribution in [0.25, 0.3) is 21.8 Å². The zero-order valence-electron chi connectivity index (χ0n) is 13.2. The molecule has 130 valence electrons. The highest BCUT2D eigenvalue weighted by atomic mass is 19.4. The number of aryl methyl sites for hydroxylation is 1. The van der Waals surface area contributed by atoms with Gasteiger partial charge in [-0.1, -0.05) is 26.0 Å². The number of alkyl halides is 6. The predicted octanol–water partition coefficient (Wildman–Crippen LogP) is 6.40. The van der Waals surface area contributed by atoms with Crippen LogP contribution < -0.4 is 0 Å². The third-order valence-electron chi connectivity index (χ3n) is 3.66. The first-order valence-corrected chi connectivity index (χ1v) is 7.25. The van der Waals surface area contributed by atoms with E-state index < -0.39 is 23.5 Å². The Kier molecular flexibility index (Phi) is 4.57. The van der Waals surface area contributed by atoms with Gasteiger partial charge in [-0.15, -0.1) is 0 Å². The Morgan fingerprint density at radius 1 is 0.667 bits per heavy atom. The fourth-order valence-corrected chi connectivity index (χ4v) is 2.56. The lowest BCUT2D eigenvalue weighted by molar-refractivity contribution is -0.138. The normalized spacial score (nSPS) is 12.4. The maximum absolute atomic E-state index is 12.8. The summed E-state index contributed by atoms with van der Waals surface area (Å²) < 4.78 is 77.9. The Hall–Kier alpha value is -2.18. The lowest BCUT2D eigenvalue weighted by Crippen LogP contribution is -2.05. The Balaban J connectivity index is 0.00000100. The first-order chi connectivity index (χ1) is 11.1. The molecule has 0 spiro atoms. The minimum Gasteiger partial charge on any atom is -0.344 e. The zero-order chi connectivity index (χ0) is 18.3. The van der Waals surface area contributed by atoms with Crippen LogP contribution in [0.5, 0.6) is 0 Å². The summed E-state index contributed by atoms with van der Waals surface area (Å²) in [5.74, 6) is 0. The van der Waals surface area contributed by atoms with Crippen LogP contribution >= 0.6 is 0 Å². The van der Waals surface area contributed by atoms with E-state index in [1.165, 1.54) is 23.7 Å². The Morgan fingerprint density at radius 3 is 1.29 bits per heavy atom. The molecule has 0 amide bonds. The molecule has 0 aliphatic heterocycles. The van der Waals surface area contributed by atoms with Gasteiger partial charge in [-0.25, -0.2) is 0 Å². The molecule has 0 N–H and O–H groups in total. The van der Waals surface area contributed by atoms with Crippen molar-refractivity contribution in [2.24, 2.45) is 7.05 Å². The number of nitrogens with zero attached hydrogens (tertiary/aromatic N) is 1. The molecule has 0 aliphatic carbocycles. The SMILES string of the molecule is CC.Cn1c2cc(C(F)(F)F)ccc2c2ccc(C(F)(F)F)cc21. The van der Waals surface area contributed by atoms with Crippen molar-refractivity contribution >= 4 is 21.8 Å². The number of hydrogen-bond acceptors (Lipinski definition) is 0. The standard InChI is InChI=1S/C15H9F6N.C2H6/c1-22-12-6-8(14(16,17)18)2-4-10(12)11-5-3-9(7-13(11)22)15(19,20)21;1-2/h2-7H,1H3;1-2H3. The highest BCUT2D eigenvalue weighted by molar-refractivity contribution is 6.08. The van der Waals surface area contributed by atoms with E-state index in [0.29, 0.717) is 10.8 Å². The third-order valence-corrected chi connectivity index (χ3v) is 3.66. The summed E-state index contributed by atoms with van der Waals surface area (Å²) in [5, 5.41) is 0.971. The number of rotatable bonds is 0. The van der Waals surface area contributed by atoms with Gasteiger partial charge in [0.15, 0.2) is 0 Å². The number of fused-ring (bicyclic) bond motifs is 3. The molecule has 2 aromatic carbocycles. The van der Waals surface area contributed by atoms with Gasteiger partial charge in [-0.3, -0.25) is 0 Å². The van der Waals surface area contributed by atoms with Crippen LogP contribution in [-0.2, 0) is 19.4 Å². The maximum atomic E-state index is 12.8. The van der Waals surface area contributed by atoms with E-state index in [9.17, 15) is 26.3 Å². The van der Waals surface area contributed by atoms with Crippen molar-refractivity contribution in [3.05, 3.63) is 47.5 Å². The molecular weight excluding hydrogens is 332 g/mol. The molecule has 0 fully saturated rings. The summed E-state index contributed by atoms with van der Waals surface area (Å²) in [4.78, 5) is 0. The van der Waals surface area contributed by atoms with Crippen molar-refractivity contribution in [3.8, 4) is 0 Å². The second-order valence-electron chi connectivity index (χ2n) is 5.02. The van der Waals surface area contributed by atoms with E-state index in [-0.39, 0.29) is 11.0 Å². The second-order valence-corrected chi connectivity index (χ2v) is 5.02. The molecular formula is C17H15F6N. The topological polar surface area (TPSA) is 4.93 Å². The highest BCUT2D eigenvalue weighted by Crippen LogP contribution is 2.37. The number of benzene rings is 2. The Morgan fingerprint density at radius 2 is 1.00 bits per heavy atom. The summed E-state index contributed by atoms with van der Waals surface area (Å²) in [6.07, 6.45) is -9.00. The van der Waals surface area contributed by atoms with Gasteiger partial charge >= 0.3 is 12.4 Å². The largest absolute Gasteiger partial charge is 0.416 e. The van der Waals surface area contributed by atoms with Crippen molar-refractivity contribution in [1.29, 1.82) is 0 Å². The van der Waals surface area contributed by atoms with Crippen LogP contribution in [0, 0.1) is 0 Å². The fourth-order valence-electron chi connectivity index (χ4n) is 2.56. The molecule has 0 unspecified atom stereocenters. The van der Waals surface area contributed by atoms with E-state index in [1.54, 1.807) is 0 Å². The molecule has 1 heterocycles. The summed E-state index contributed by atoms with van der Waals surface area (Å²) in [5.41, 5.74) is -1.18. The predicted molar refractivity (Wildman–Crippen MR) is 81.8 cm³/mol. The molecule has 1 aromatic heterocycles. The minimum absolute atomic E-state index is 0.240. The average molecular weight is 347 g/mol. The van der Waals surface area contributed by atoms with Crippen molar-refractivity contribution in [1.82, 2.24) is 4.57 Å². The Labute approximate surface area is 134 Å². The van der Waals surface area contributed by atoms with Gasteiger partial charge in [0.25, 0.3) is 0 Å². The van der Waals surface area contributed by atoms with Crippen LogP contribution in [-0.4, -0.2) is 4.57 Å². The van der Waals surface area contributed by atoms with E-state index in [4.69, 9.17) is 0 Å².